The van der Waals surface area contributed by atoms with Gasteiger partial charge in [-0.1, -0.05) is 12.2 Å². The summed E-state index contributed by atoms with van der Waals surface area (Å²) in [6.07, 6.45) is 5.64. The molecule has 4 atom stereocenters. The van der Waals surface area contributed by atoms with E-state index in [0.717, 1.165) is 12.8 Å². The average molecular weight is 281 g/mol. The predicted molar refractivity (Wildman–Crippen MR) is 74.0 cm³/mol. The van der Waals surface area contributed by atoms with Crippen LogP contribution in [0.1, 0.15) is 33.6 Å². The van der Waals surface area contributed by atoms with Gasteiger partial charge in [-0.15, -0.1) is 0 Å². The molecule has 1 fully saturated rings. The van der Waals surface area contributed by atoms with Crippen LogP contribution >= 0.6 is 0 Å². The van der Waals surface area contributed by atoms with E-state index in [0.29, 0.717) is 0 Å². The number of methoxy groups -OCH3 is 1. The Morgan fingerprint density at radius 2 is 1.75 bits per heavy atom. The Hall–Kier alpha value is -1.52. The first-order chi connectivity index (χ1) is 9.31. The summed E-state index contributed by atoms with van der Waals surface area (Å²) in [5, 5.41) is 2.86. The van der Waals surface area contributed by atoms with E-state index in [1.54, 1.807) is 0 Å². The van der Waals surface area contributed by atoms with Gasteiger partial charge < -0.3 is 14.8 Å². The van der Waals surface area contributed by atoms with Crippen LogP contribution in [0.2, 0.25) is 0 Å². The van der Waals surface area contributed by atoms with Crippen LogP contribution in [0.15, 0.2) is 12.2 Å². The van der Waals surface area contributed by atoms with Crippen molar-refractivity contribution in [3.05, 3.63) is 12.2 Å². The minimum Gasteiger partial charge on any atom is -0.469 e. The third kappa shape index (κ3) is 3.14. The Labute approximate surface area is 119 Å². The molecule has 0 aromatic heterocycles. The lowest BCUT2D eigenvalue weighted by Gasteiger charge is -2.43. The van der Waals surface area contributed by atoms with E-state index >= 15 is 0 Å². The number of nitrogens with one attached hydrogen (secondary N) is 1. The molecule has 1 saturated carbocycles. The quantitative estimate of drug-likeness (QED) is 0.623. The van der Waals surface area contributed by atoms with Crippen LogP contribution in [-0.4, -0.2) is 30.8 Å². The lowest BCUT2D eigenvalue weighted by molar-refractivity contribution is -0.150. The average Bonchev–Trinajstić information content (AvgIpc) is 2.37. The fourth-order valence-corrected chi connectivity index (χ4v) is 3.09. The van der Waals surface area contributed by atoms with Crippen molar-refractivity contribution in [2.45, 2.75) is 45.3 Å². The number of hydrogen-bond acceptors (Lipinski definition) is 4. The largest absolute Gasteiger partial charge is 0.469 e. The van der Waals surface area contributed by atoms with Crippen LogP contribution in [0.25, 0.3) is 0 Å². The van der Waals surface area contributed by atoms with Gasteiger partial charge in [0.25, 0.3) is 0 Å². The summed E-state index contributed by atoms with van der Waals surface area (Å²) in [7, 11) is 1.39. The number of carbonyl (C=O) groups excluding carboxylic acids is 2. The summed E-state index contributed by atoms with van der Waals surface area (Å²) >= 11 is 0. The van der Waals surface area contributed by atoms with E-state index in [-0.39, 0.29) is 29.8 Å². The smallest absolute Gasteiger partial charge is 0.407 e. The van der Waals surface area contributed by atoms with Crippen LogP contribution in [0.5, 0.6) is 0 Å². The number of amides is 1. The van der Waals surface area contributed by atoms with Crippen LogP contribution in [-0.2, 0) is 14.3 Å². The van der Waals surface area contributed by atoms with Gasteiger partial charge >= 0.3 is 12.1 Å². The highest BCUT2D eigenvalue weighted by Gasteiger charge is 2.46. The van der Waals surface area contributed by atoms with Crippen molar-refractivity contribution >= 4 is 12.1 Å². The molecule has 5 heteroatoms. The number of carbonyl (C=O) groups is 2. The summed E-state index contributed by atoms with van der Waals surface area (Å²) < 4.78 is 10.2. The molecular weight excluding hydrogens is 258 g/mol. The van der Waals surface area contributed by atoms with Crippen molar-refractivity contribution in [2.75, 3.05) is 7.11 Å². The molecule has 0 spiro atoms. The van der Waals surface area contributed by atoms with Crippen molar-refractivity contribution in [3.63, 3.8) is 0 Å². The maximum Gasteiger partial charge on any atom is 0.407 e. The summed E-state index contributed by atoms with van der Waals surface area (Å²) in [5.74, 6) is -0.245. The second-order valence-electron chi connectivity index (χ2n) is 6.51. The topological polar surface area (TPSA) is 64.6 Å². The molecule has 0 heterocycles. The summed E-state index contributed by atoms with van der Waals surface area (Å²) in [4.78, 5) is 23.9. The Kier molecular flexibility index (Phi) is 4.06. The van der Waals surface area contributed by atoms with Gasteiger partial charge in [-0.2, -0.15) is 0 Å². The second-order valence-corrected chi connectivity index (χ2v) is 6.51. The van der Waals surface area contributed by atoms with E-state index in [1.165, 1.54) is 7.11 Å². The highest BCUT2D eigenvalue weighted by molar-refractivity contribution is 5.76. The van der Waals surface area contributed by atoms with Crippen LogP contribution in [0.4, 0.5) is 4.79 Å². The first-order valence-corrected chi connectivity index (χ1v) is 7.07. The first kappa shape index (κ1) is 14.9. The maximum absolute atomic E-state index is 12.0. The van der Waals surface area contributed by atoms with Crippen molar-refractivity contribution in [1.82, 2.24) is 5.32 Å². The van der Waals surface area contributed by atoms with Crippen molar-refractivity contribution < 1.29 is 19.1 Å². The highest BCUT2D eigenvalue weighted by Crippen LogP contribution is 2.41. The molecule has 3 aliphatic rings. The van der Waals surface area contributed by atoms with Gasteiger partial charge in [0, 0.05) is 0 Å². The highest BCUT2D eigenvalue weighted by atomic mass is 16.6. The molecule has 4 unspecified atom stereocenters. The van der Waals surface area contributed by atoms with E-state index in [2.05, 4.69) is 17.5 Å². The normalized spacial score (nSPS) is 31.8. The fourth-order valence-electron chi connectivity index (χ4n) is 3.09. The number of esters is 1. The minimum absolute atomic E-state index is 0.146. The Morgan fingerprint density at radius 1 is 1.15 bits per heavy atom. The summed E-state index contributed by atoms with van der Waals surface area (Å²) in [6, 6.07) is -0.235. The van der Waals surface area contributed by atoms with Crippen LogP contribution < -0.4 is 5.32 Å². The molecule has 0 aromatic rings. The molecular formula is C15H23NO4. The number of ether oxygens (including phenoxy) is 2. The molecule has 20 heavy (non-hydrogen) atoms. The van der Waals surface area contributed by atoms with Crippen LogP contribution in [0.3, 0.4) is 0 Å². The molecule has 0 saturated heterocycles. The number of rotatable bonds is 2. The van der Waals surface area contributed by atoms with E-state index in [1.807, 2.05) is 20.8 Å². The molecule has 112 valence electrons. The first-order valence-electron chi connectivity index (χ1n) is 7.07. The van der Waals surface area contributed by atoms with Crippen molar-refractivity contribution in [2.24, 2.45) is 17.8 Å². The van der Waals surface area contributed by atoms with E-state index in [4.69, 9.17) is 9.47 Å². The fraction of sp³-hybridized carbons (Fsp3) is 0.733. The molecule has 0 aliphatic heterocycles. The Balaban J connectivity index is 2.10. The second kappa shape index (κ2) is 5.46. The van der Waals surface area contributed by atoms with E-state index in [9.17, 15) is 9.59 Å². The third-order valence-corrected chi connectivity index (χ3v) is 3.91. The van der Waals surface area contributed by atoms with Gasteiger partial charge in [0.15, 0.2) is 0 Å². The molecule has 2 bridgehead atoms. The monoisotopic (exact) mass is 281 g/mol. The van der Waals surface area contributed by atoms with Gasteiger partial charge in [0.2, 0.25) is 0 Å². The molecule has 3 aliphatic carbocycles. The summed E-state index contributed by atoms with van der Waals surface area (Å²) in [6.45, 7) is 5.45. The van der Waals surface area contributed by atoms with Crippen molar-refractivity contribution in [1.29, 1.82) is 0 Å². The third-order valence-electron chi connectivity index (χ3n) is 3.91. The van der Waals surface area contributed by atoms with Gasteiger partial charge in [-0.3, -0.25) is 4.79 Å². The number of fused-ring (bicyclic) bond motifs is 2. The number of alkyl carbamates (subject to hydrolysis) is 1. The molecule has 1 amide bonds. The van der Waals surface area contributed by atoms with E-state index < -0.39 is 11.7 Å². The van der Waals surface area contributed by atoms with Gasteiger partial charge in [-0.05, 0) is 45.4 Å². The molecule has 0 radical (unpaired) electrons. The lowest BCUT2D eigenvalue weighted by atomic mass is 9.66. The van der Waals surface area contributed by atoms with Crippen LogP contribution in [0, 0.1) is 17.8 Å². The number of hydrogen-bond donors (Lipinski definition) is 1. The Bertz CT molecular complexity index is 424. The molecule has 1 N–H and O–H groups in total. The molecule has 0 aromatic carbocycles. The zero-order valence-corrected chi connectivity index (χ0v) is 12.5. The maximum atomic E-state index is 12.0. The van der Waals surface area contributed by atoms with Gasteiger partial charge in [0.1, 0.15) is 5.60 Å². The van der Waals surface area contributed by atoms with Crippen molar-refractivity contribution in [3.8, 4) is 0 Å². The standard InChI is InChI=1S/C15H23NO4/c1-15(2,3)20-14(18)16-12-10-7-5-9(6-8-10)11(12)13(17)19-4/h5,7,9-12H,6,8H2,1-4H3,(H,16,18). The zero-order chi connectivity index (χ0) is 14.9. The predicted octanol–water partition coefficient (Wildman–Crippen LogP) is 2.26. The minimum atomic E-state index is -0.547. The SMILES string of the molecule is COC(=O)C1C2C=CC(CC2)C1NC(=O)OC(C)(C)C. The molecule has 3 rings (SSSR count). The lowest BCUT2D eigenvalue weighted by Crippen LogP contribution is -2.55. The van der Waals surface area contributed by atoms with Gasteiger partial charge in [0.05, 0.1) is 19.1 Å². The van der Waals surface area contributed by atoms with Gasteiger partial charge in [-0.25, -0.2) is 4.79 Å². The number of allylic oxidation sites excluding steroid dienone is 1. The summed E-state index contributed by atoms with van der Waals surface area (Å²) in [5.41, 5.74) is -0.547. The molecule has 5 nitrogen and oxygen atoms in total. The zero-order valence-electron chi connectivity index (χ0n) is 12.5. The Morgan fingerprint density at radius 3 is 2.25 bits per heavy atom.